The first-order valence-electron chi connectivity index (χ1n) is 12.6. The number of Topliss-reactive ketones (excluding diaryl/α,β-unsaturated/α-hetero) is 2. The van der Waals surface area contributed by atoms with E-state index in [9.17, 15) is 9.59 Å². The van der Waals surface area contributed by atoms with Crippen molar-refractivity contribution in [1.29, 1.82) is 0 Å². The molecule has 2 nitrogen and oxygen atoms in total. The van der Waals surface area contributed by atoms with Gasteiger partial charge in [-0.2, -0.15) is 0 Å². The van der Waals surface area contributed by atoms with Gasteiger partial charge in [0.25, 0.3) is 0 Å². The van der Waals surface area contributed by atoms with Crippen LogP contribution in [0.3, 0.4) is 0 Å². The highest BCUT2D eigenvalue weighted by molar-refractivity contribution is 6.27. The fraction of sp³-hybridized carbons (Fsp3) is 0.467. The fourth-order valence-corrected chi connectivity index (χ4v) is 5.01. The Morgan fingerprint density at radius 2 is 0.906 bits per heavy atom. The molecule has 0 aliphatic carbocycles. The van der Waals surface area contributed by atoms with E-state index >= 15 is 0 Å². The van der Waals surface area contributed by atoms with Crippen LogP contribution in [0.2, 0.25) is 0 Å². The van der Waals surface area contributed by atoms with Crippen molar-refractivity contribution in [2.24, 2.45) is 11.8 Å². The number of benzene rings is 3. The van der Waals surface area contributed by atoms with Crippen LogP contribution in [0.25, 0.3) is 21.5 Å². The van der Waals surface area contributed by atoms with Crippen LogP contribution in [0.4, 0.5) is 0 Å². The van der Waals surface area contributed by atoms with E-state index in [1.54, 1.807) is 0 Å². The summed E-state index contributed by atoms with van der Waals surface area (Å²) in [5, 5.41) is 3.72. The first-order valence-corrected chi connectivity index (χ1v) is 12.6. The van der Waals surface area contributed by atoms with E-state index in [0.717, 1.165) is 84.0 Å². The molecule has 0 aliphatic rings. The average Bonchev–Trinajstić information content (AvgIpc) is 2.83. The minimum Gasteiger partial charge on any atom is -0.294 e. The zero-order valence-corrected chi connectivity index (χ0v) is 20.2. The SMILES string of the molecule is CCCCC(CC)C(=O)c1c2ccccc2c(C(=O)C(CC)CCCC)c2ccccc12. The molecule has 170 valence electrons. The van der Waals surface area contributed by atoms with Gasteiger partial charge in [-0.15, -0.1) is 0 Å². The second kappa shape index (κ2) is 11.4. The smallest absolute Gasteiger partial charge is 0.167 e. The molecule has 3 aromatic rings. The highest BCUT2D eigenvalue weighted by Crippen LogP contribution is 2.37. The van der Waals surface area contributed by atoms with Crippen molar-refractivity contribution in [1.82, 2.24) is 0 Å². The predicted octanol–water partition coefficient (Wildman–Crippen LogP) is 8.79. The summed E-state index contributed by atoms with van der Waals surface area (Å²) in [4.78, 5) is 27.7. The molecule has 2 unspecified atom stereocenters. The molecular weight excluding hydrogens is 392 g/mol. The first-order chi connectivity index (χ1) is 15.6. The normalized spacial score (nSPS) is 13.4. The molecule has 0 heterocycles. The van der Waals surface area contributed by atoms with Gasteiger partial charge in [-0.25, -0.2) is 0 Å². The molecule has 0 saturated heterocycles. The van der Waals surface area contributed by atoms with E-state index in [0.29, 0.717) is 0 Å². The zero-order chi connectivity index (χ0) is 23.1. The minimum atomic E-state index is 0.0243. The zero-order valence-electron chi connectivity index (χ0n) is 20.2. The van der Waals surface area contributed by atoms with Crippen molar-refractivity contribution in [3.8, 4) is 0 Å². The lowest BCUT2D eigenvalue weighted by molar-refractivity contribution is 0.0901. The first kappa shape index (κ1) is 24.2. The Morgan fingerprint density at radius 3 is 1.16 bits per heavy atom. The fourth-order valence-electron chi connectivity index (χ4n) is 5.01. The number of fused-ring (bicyclic) bond motifs is 2. The van der Waals surface area contributed by atoms with Crippen LogP contribution in [0.1, 0.15) is 99.8 Å². The molecule has 0 spiro atoms. The van der Waals surface area contributed by atoms with E-state index in [4.69, 9.17) is 0 Å². The molecule has 0 amide bonds. The van der Waals surface area contributed by atoms with Crippen molar-refractivity contribution >= 4 is 33.1 Å². The summed E-state index contributed by atoms with van der Waals surface area (Å²) in [6.07, 6.45) is 7.84. The number of carbonyl (C=O) groups is 2. The summed E-state index contributed by atoms with van der Waals surface area (Å²) in [6.45, 7) is 8.57. The van der Waals surface area contributed by atoms with E-state index in [1.807, 2.05) is 48.5 Å². The number of hydrogen-bond acceptors (Lipinski definition) is 2. The third-order valence-corrected chi connectivity index (χ3v) is 6.96. The molecule has 0 fully saturated rings. The quantitative estimate of drug-likeness (QED) is 0.212. The van der Waals surface area contributed by atoms with Gasteiger partial charge in [-0.3, -0.25) is 9.59 Å². The second-order valence-corrected chi connectivity index (χ2v) is 9.06. The number of carbonyl (C=O) groups excluding carboxylic acids is 2. The second-order valence-electron chi connectivity index (χ2n) is 9.06. The van der Waals surface area contributed by atoms with Gasteiger partial charge in [0, 0.05) is 23.0 Å². The van der Waals surface area contributed by atoms with Crippen molar-refractivity contribution in [2.45, 2.75) is 79.1 Å². The maximum absolute atomic E-state index is 13.8. The lowest BCUT2D eigenvalue weighted by Gasteiger charge is -2.21. The summed E-state index contributed by atoms with van der Waals surface area (Å²) < 4.78 is 0. The van der Waals surface area contributed by atoms with Crippen LogP contribution < -0.4 is 0 Å². The van der Waals surface area contributed by atoms with Crippen molar-refractivity contribution in [3.05, 3.63) is 59.7 Å². The average molecular weight is 431 g/mol. The molecular formula is C30H38O2. The van der Waals surface area contributed by atoms with Crippen LogP contribution in [-0.4, -0.2) is 11.6 Å². The molecule has 2 atom stereocenters. The van der Waals surface area contributed by atoms with Crippen LogP contribution >= 0.6 is 0 Å². The third kappa shape index (κ3) is 4.80. The highest BCUT2D eigenvalue weighted by atomic mass is 16.1. The molecule has 0 N–H and O–H groups in total. The Morgan fingerprint density at radius 1 is 0.594 bits per heavy atom. The highest BCUT2D eigenvalue weighted by Gasteiger charge is 2.27. The molecule has 32 heavy (non-hydrogen) atoms. The van der Waals surface area contributed by atoms with Gasteiger partial charge in [-0.05, 0) is 47.2 Å². The lowest BCUT2D eigenvalue weighted by atomic mass is 9.81. The van der Waals surface area contributed by atoms with Crippen molar-refractivity contribution in [2.75, 3.05) is 0 Å². The summed E-state index contributed by atoms with van der Waals surface area (Å²) in [7, 11) is 0. The summed E-state index contributed by atoms with van der Waals surface area (Å²) in [5.74, 6) is 0.503. The van der Waals surface area contributed by atoms with Gasteiger partial charge in [0.15, 0.2) is 11.6 Å². The van der Waals surface area contributed by atoms with E-state index in [-0.39, 0.29) is 23.4 Å². The Hall–Kier alpha value is -2.48. The molecule has 0 saturated carbocycles. The standard InChI is InChI=1S/C30H38O2/c1-5-9-15-21(7-3)29(31)27-23-17-11-13-19-25(23)28(26-20-14-12-18-24(26)27)30(32)22(8-4)16-10-6-2/h11-14,17-22H,5-10,15-16H2,1-4H3. The minimum absolute atomic E-state index is 0.0243. The monoisotopic (exact) mass is 430 g/mol. The molecule has 0 aliphatic heterocycles. The Labute approximate surface area is 193 Å². The molecule has 3 aromatic carbocycles. The van der Waals surface area contributed by atoms with Crippen molar-refractivity contribution in [3.63, 3.8) is 0 Å². The topological polar surface area (TPSA) is 34.1 Å². The number of hydrogen-bond donors (Lipinski definition) is 0. The molecule has 3 rings (SSSR count). The van der Waals surface area contributed by atoms with E-state index in [2.05, 4.69) is 27.7 Å². The molecule has 0 aromatic heterocycles. The Kier molecular flexibility index (Phi) is 8.61. The van der Waals surface area contributed by atoms with Gasteiger partial charge in [0.2, 0.25) is 0 Å². The van der Waals surface area contributed by atoms with Gasteiger partial charge in [0.1, 0.15) is 0 Å². The Balaban J connectivity index is 2.27. The maximum Gasteiger partial charge on any atom is 0.167 e. The molecule has 2 heteroatoms. The van der Waals surface area contributed by atoms with Gasteiger partial charge < -0.3 is 0 Å². The summed E-state index contributed by atoms with van der Waals surface area (Å²) in [5.41, 5.74) is 1.61. The van der Waals surface area contributed by atoms with E-state index < -0.39 is 0 Å². The molecule has 0 radical (unpaired) electrons. The van der Waals surface area contributed by atoms with Gasteiger partial charge >= 0.3 is 0 Å². The lowest BCUT2D eigenvalue weighted by Crippen LogP contribution is -2.18. The van der Waals surface area contributed by atoms with Gasteiger partial charge in [-0.1, -0.05) is 102 Å². The largest absolute Gasteiger partial charge is 0.294 e. The van der Waals surface area contributed by atoms with Crippen LogP contribution in [0, 0.1) is 11.8 Å². The number of rotatable bonds is 12. The maximum atomic E-state index is 13.8. The predicted molar refractivity (Wildman–Crippen MR) is 137 cm³/mol. The van der Waals surface area contributed by atoms with Crippen molar-refractivity contribution < 1.29 is 9.59 Å². The number of unbranched alkanes of at least 4 members (excludes halogenated alkanes) is 2. The Bertz CT molecular complexity index is 936. The summed E-state index contributed by atoms with van der Waals surface area (Å²) >= 11 is 0. The van der Waals surface area contributed by atoms with Crippen LogP contribution in [0.5, 0.6) is 0 Å². The van der Waals surface area contributed by atoms with E-state index in [1.165, 1.54) is 0 Å². The third-order valence-electron chi connectivity index (χ3n) is 6.96. The van der Waals surface area contributed by atoms with Crippen LogP contribution in [0.15, 0.2) is 48.5 Å². The number of ketones is 2. The van der Waals surface area contributed by atoms with Crippen LogP contribution in [-0.2, 0) is 0 Å². The van der Waals surface area contributed by atoms with Gasteiger partial charge in [0.05, 0.1) is 0 Å². The molecule has 0 bridgehead atoms. The summed E-state index contributed by atoms with van der Waals surface area (Å²) in [6, 6.07) is 16.1.